The van der Waals surface area contributed by atoms with Crippen LogP contribution in [0.25, 0.3) is 0 Å². The molecule has 0 amide bonds. The molecule has 16 heavy (non-hydrogen) atoms. The number of nitrogens with zero attached hydrogens (tertiary/aromatic N) is 2. The maximum Gasteiger partial charge on any atom is 0.190 e. The lowest BCUT2D eigenvalue weighted by Gasteiger charge is -2.23. The van der Waals surface area contributed by atoms with Crippen LogP contribution in [0.3, 0.4) is 0 Å². The minimum atomic E-state index is 0.507. The van der Waals surface area contributed by atoms with Gasteiger partial charge in [-0.05, 0) is 30.6 Å². The molecule has 0 spiro atoms. The lowest BCUT2D eigenvalue weighted by Crippen LogP contribution is -2.25. The zero-order valence-corrected chi connectivity index (χ0v) is 11.5. The molecular formula is C10H14ClN3S2. The number of aromatic nitrogens is 2. The minimum absolute atomic E-state index is 0.507. The largest absolute Gasteiger partial charge is 0.367 e. The van der Waals surface area contributed by atoms with Crippen molar-refractivity contribution in [1.82, 2.24) is 9.97 Å². The fourth-order valence-corrected chi connectivity index (χ4v) is 3.33. The van der Waals surface area contributed by atoms with Crippen molar-refractivity contribution in [3.05, 3.63) is 11.2 Å². The Hall–Kier alpha value is -0.130. The van der Waals surface area contributed by atoms with Crippen LogP contribution in [-0.4, -0.2) is 33.8 Å². The van der Waals surface area contributed by atoms with Gasteiger partial charge in [0, 0.05) is 12.1 Å². The molecule has 1 aromatic heterocycles. The van der Waals surface area contributed by atoms with Crippen LogP contribution in [0.2, 0.25) is 5.15 Å². The third-order valence-electron chi connectivity index (χ3n) is 2.43. The average molecular weight is 276 g/mol. The molecule has 0 bridgehead atoms. The summed E-state index contributed by atoms with van der Waals surface area (Å²) in [5.74, 6) is 3.30. The van der Waals surface area contributed by atoms with Gasteiger partial charge in [-0.15, -0.1) is 0 Å². The molecule has 1 aromatic rings. The molecule has 1 aliphatic rings. The number of halogens is 1. The molecule has 0 radical (unpaired) electrons. The van der Waals surface area contributed by atoms with Crippen LogP contribution in [0.1, 0.15) is 12.8 Å². The maximum absolute atomic E-state index is 5.94. The van der Waals surface area contributed by atoms with Crippen molar-refractivity contribution in [2.24, 2.45) is 0 Å². The second kappa shape index (κ2) is 5.98. The van der Waals surface area contributed by atoms with Gasteiger partial charge in [-0.2, -0.15) is 11.8 Å². The van der Waals surface area contributed by atoms with Crippen LogP contribution in [0, 0.1) is 0 Å². The molecule has 1 fully saturated rings. The molecule has 1 aliphatic heterocycles. The van der Waals surface area contributed by atoms with Gasteiger partial charge in [0.05, 0.1) is 0 Å². The Labute approximate surface area is 109 Å². The predicted octanol–water partition coefficient (Wildman–Crippen LogP) is 3.16. The van der Waals surface area contributed by atoms with Crippen molar-refractivity contribution in [3.63, 3.8) is 0 Å². The number of rotatable bonds is 3. The van der Waals surface area contributed by atoms with Crippen molar-refractivity contribution in [2.45, 2.75) is 24.0 Å². The summed E-state index contributed by atoms with van der Waals surface area (Å²) >= 11 is 9.46. The van der Waals surface area contributed by atoms with Crippen molar-refractivity contribution in [2.75, 3.05) is 23.1 Å². The SMILES string of the molecule is CSc1nc(Cl)cc(NC2CCSCC2)n1. The first-order chi connectivity index (χ1) is 7.78. The molecule has 2 rings (SSSR count). The summed E-state index contributed by atoms with van der Waals surface area (Å²) in [6, 6.07) is 2.32. The highest BCUT2D eigenvalue weighted by Gasteiger charge is 2.14. The monoisotopic (exact) mass is 275 g/mol. The summed E-state index contributed by atoms with van der Waals surface area (Å²) in [5, 5.41) is 4.66. The number of anilines is 1. The van der Waals surface area contributed by atoms with Crippen molar-refractivity contribution in [3.8, 4) is 0 Å². The molecule has 2 heterocycles. The first kappa shape index (κ1) is 12.3. The Kier molecular flexibility index (Phi) is 4.61. The number of hydrogen-bond acceptors (Lipinski definition) is 5. The standard InChI is InChI=1S/C10H14ClN3S2/c1-15-10-13-8(11)6-9(14-10)12-7-2-4-16-5-3-7/h6-7H,2-5H2,1H3,(H,12,13,14). The Balaban J connectivity index is 2.04. The summed E-state index contributed by atoms with van der Waals surface area (Å²) in [4.78, 5) is 8.51. The van der Waals surface area contributed by atoms with Crippen LogP contribution >= 0.6 is 35.1 Å². The molecule has 3 nitrogen and oxygen atoms in total. The van der Waals surface area contributed by atoms with E-state index < -0.39 is 0 Å². The van der Waals surface area contributed by atoms with E-state index in [4.69, 9.17) is 11.6 Å². The second-order valence-corrected chi connectivity index (χ2v) is 5.98. The normalized spacial score (nSPS) is 17.4. The molecule has 6 heteroatoms. The van der Waals surface area contributed by atoms with Gasteiger partial charge in [-0.25, -0.2) is 9.97 Å². The second-order valence-electron chi connectivity index (χ2n) is 3.59. The van der Waals surface area contributed by atoms with Gasteiger partial charge in [0.25, 0.3) is 0 Å². The fourth-order valence-electron chi connectivity index (χ4n) is 1.61. The Morgan fingerprint density at radius 1 is 1.44 bits per heavy atom. The summed E-state index contributed by atoms with van der Waals surface area (Å²) in [6.45, 7) is 0. The molecule has 88 valence electrons. The first-order valence-corrected chi connectivity index (χ1v) is 7.96. The molecule has 0 aromatic carbocycles. The van der Waals surface area contributed by atoms with Crippen molar-refractivity contribution in [1.29, 1.82) is 0 Å². The van der Waals surface area contributed by atoms with Crippen molar-refractivity contribution >= 4 is 40.9 Å². The van der Waals surface area contributed by atoms with Gasteiger partial charge in [-0.1, -0.05) is 23.4 Å². The van der Waals surface area contributed by atoms with Gasteiger partial charge >= 0.3 is 0 Å². The smallest absolute Gasteiger partial charge is 0.190 e. The highest BCUT2D eigenvalue weighted by molar-refractivity contribution is 7.99. The van der Waals surface area contributed by atoms with E-state index in [0.29, 0.717) is 11.2 Å². The summed E-state index contributed by atoms with van der Waals surface area (Å²) in [7, 11) is 0. The predicted molar refractivity (Wildman–Crippen MR) is 72.8 cm³/mol. The zero-order valence-electron chi connectivity index (χ0n) is 9.07. The Morgan fingerprint density at radius 2 is 2.19 bits per heavy atom. The van der Waals surface area contributed by atoms with Gasteiger partial charge < -0.3 is 5.32 Å². The van der Waals surface area contributed by atoms with E-state index in [1.807, 2.05) is 18.0 Å². The first-order valence-electron chi connectivity index (χ1n) is 5.21. The lowest BCUT2D eigenvalue weighted by atomic mass is 10.1. The van der Waals surface area contributed by atoms with E-state index in [0.717, 1.165) is 11.0 Å². The number of hydrogen-bond donors (Lipinski definition) is 1. The summed E-state index contributed by atoms with van der Waals surface area (Å²) < 4.78 is 0. The highest BCUT2D eigenvalue weighted by atomic mass is 35.5. The quantitative estimate of drug-likeness (QED) is 0.521. The van der Waals surface area contributed by atoms with Crippen molar-refractivity contribution < 1.29 is 0 Å². The topological polar surface area (TPSA) is 37.8 Å². The lowest BCUT2D eigenvalue weighted by molar-refractivity contribution is 0.661. The van der Waals surface area contributed by atoms with Crippen LogP contribution in [0.5, 0.6) is 0 Å². The Bertz CT molecular complexity index is 356. The van der Waals surface area contributed by atoms with E-state index in [1.165, 1.54) is 36.1 Å². The molecule has 1 N–H and O–H groups in total. The fraction of sp³-hybridized carbons (Fsp3) is 0.600. The van der Waals surface area contributed by atoms with Crippen LogP contribution in [0.15, 0.2) is 11.2 Å². The highest BCUT2D eigenvalue weighted by Crippen LogP contribution is 2.22. The van der Waals surface area contributed by atoms with Crippen LogP contribution < -0.4 is 5.32 Å². The van der Waals surface area contributed by atoms with E-state index in [9.17, 15) is 0 Å². The number of thioether (sulfide) groups is 2. The zero-order chi connectivity index (χ0) is 11.4. The van der Waals surface area contributed by atoms with Gasteiger partial charge in [0.15, 0.2) is 5.16 Å². The average Bonchev–Trinajstić information content (AvgIpc) is 2.29. The molecular weight excluding hydrogens is 262 g/mol. The van der Waals surface area contributed by atoms with Gasteiger partial charge in [0.2, 0.25) is 0 Å². The van der Waals surface area contributed by atoms with Gasteiger partial charge in [0.1, 0.15) is 11.0 Å². The molecule has 0 atom stereocenters. The van der Waals surface area contributed by atoms with Gasteiger partial charge in [-0.3, -0.25) is 0 Å². The Morgan fingerprint density at radius 3 is 2.88 bits per heavy atom. The maximum atomic E-state index is 5.94. The molecule has 0 aliphatic carbocycles. The van der Waals surface area contributed by atoms with E-state index >= 15 is 0 Å². The van der Waals surface area contributed by atoms with Crippen LogP contribution in [-0.2, 0) is 0 Å². The molecule has 0 saturated carbocycles. The third kappa shape index (κ3) is 3.43. The van der Waals surface area contributed by atoms with E-state index in [1.54, 1.807) is 6.07 Å². The minimum Gasteiger partial charge on any atom is -0.367 e. The summed E-state index contributed by atoms with van der Waals surface area (Å²) in [6.07, 6.45) is 4.34. The molecule has 1 saturated heterocycles. The summed E-state index contributed by atoms with van der Waals surface area (Å²) in [5.41, 5.74) is 0. The van der Waals surface area contributed by atoms with E-state index in [-0.39, 0.29) is 0 Å². The van der Waals surface area contributed by atoms with E-state index in [2.05, 4.69) is 15.3 Å². The third-order valence-corrected chi connectivity index (χ3v) is 4.22. The van der Waals surface area contributed by atoms with Crippen LogP contribution in [0.4, 0.5) is 5.82 Å². The number of nitrogens with one attached hydrogen (secondary N) is 1. The molecule has 0 unspecified atom stereocenters.